The first kappa shape index (κ1) is 23.1. The van der Waals surface area contributed by atoms with Crippen molar-refractivity contribution in [3.8, 4) is 23.3 Å². The third kappa shape index (κ3) is 7.36. The lowest BCUT2D eigenvalue weighted by Gasteiger charge is -2.12. The van der Waals surface area contributed by atoms with Crippen LogP contribution in [0.15, 0.2) is 48.5 Å². The number of carbonyl (C=O) groups excluding carboxylic acids is 1. The van der Waals surface area contributed by atoms with E-state index in [1.807, 2.05) is 12.1 Å². The maximum Gasteiger partial charge on any atom is 0.416 e. The monoisotopic (exact) mass is 420 g/mol. The van der Waals surface area contributed by atoms with Gasteiger partial charge in [0.2, 0.25) is 0 Å². The van der Waals surface area contributed by atoms with E-state index in [2.05, 4.69) is 11.8 Å². The van der Waals surface area contributed by atoms with E-state index >= 15 is 0 Å². The largest absolute Gasteiger partial charge is 0.493 e. The van der Waals surface area contributed by atoms with Crippen LogP contribution >= 0.6 is 0 Å². The van der Waals surface area contributed by atoms with E-state index in [1.165, 1.54) is 19.2 Å². The van der Waals surface area contributed by atoms with Crippen molar-refractivity contribution in [2.24, 2.45) is 0 Å². The summed E-state index contributed by atoms with van der Waals surface area (Å²) in [7, 11) is 1.34. The Hall–Kier alpha value is -3.14. The van der Waals surface area contributed by atoms with Gasteiger partial charge in [0.05, 0.1) is 38.2 Å². The Morgan fingerprint density at radius 3 is 1.97 bits per heavy atom. The van der Waals surface area contributed by atoms with E-state index in [1.54, 1.807) is 19.1 Å². The zero-order valence-corrected chi connectivity index (χ0v) is 16.8. The summed E-state index contributed by atoms with van der Waals surface area (Å²) in [6, 6.07) is 11.9. The van der Waals surface area contributed by atoms with Gasteiger partial charge in [-0.15, -0.1) is 5.92 Å². The van der Waals surface area contributed by atoms with Crippen molar-refractivity contribution in [1.29, 1.82) is 0 Å². The number of carbonyl (C=O) groups is 1. The second-order valence-corrected chi connectivity index (χ2v) is 6.37. The first-order valence-electron chi connectivity index (χ1n) is 9.35. The quantitative estimate of drug-likeness (QED) is 0.317. The summed E-state index contributed by atoms with van der Waals surface area (Å²) in [5, 5.41) is 0. The molecule has 0 radical (unpaired) electrons. The molecule has 2 rings (SSSR count). The topological polar surface area (TPSA) is 44.8 Å². The van der Waals surface area contributed by atoms with E-state index in [-0.39, 0.29) is 18.3 Å². The number of hydrogen-bond donors (Lipinski definition) is 0. The van der Waals surface area contributed by atoms with Crippen molar-refractivity contribution in [3.05, 3.63) is 59.7 Å². The van der Waals surface area contributed by atoms with E-state index in [0.29, 0.717) is 31.1 Å². The molecular formula is C23H23F3O4. The molecule has 0 bridgehead atoms. The number of rotatable bonds is 9. The molecule has 7 heteroatoms. The van der Waals surface area contributed by atoms with Crippen LogP contribution in [0.2, 0.25) is 0 Å². The Morgan fingerprint density at radius 1 is 0.967 bits per heavy atom. The van der Waals surface area contributed by atoms with Crippen molar-refractivity contribution in [1.82, 2.24) is 0 Å². The second kappa shape index (κ2) is 11.1. The molecule has 0 aliphatic heterocycles. The fourth-order valence-corrected chi connectivity index (χ4v) is 2.65. The fraction of sp³-hybridized carbons (Fsp3) is 0.348. The molecule has 0 fully saturated rings. The van der Waals surface area contributed by atoms with Gasteiger partial charge in [-0.1, -0.05) is 18.1 Å². The fourth-order valence-electron chi connectivity index (χ4n) is 2.65. The van der Waals surface area contributed by atoms with E-state index < -0.39 is 11.7 Å². The van der Waals surface area contributed by atoms with Crippen LogP contribution in [-0.4, -0.2) is 26.3 Å². The molecule has 30 heavy (non-hydrogen) atoms. The van der Waals surface area contributed by atoms with Crippen LogP contribution in [-0.2, 0) is 15.7 Å². The van der Waals surface area contributed by atoms with E-state index in [4.69, 9.17) is 14.2 Å². The molecule has 0 aromatic heterocycles. The van der Waals surface area contributed by atoms with Crippen LogP contribution in [0.4, 0.5) is 13.2 Å². The van der Waals surface area contributed by atoms with Gasteiger partial charge in [-0.2, -0.15) is 13.2 Å². The Labute approximate surface area is 174 Å². The van der Waals surface area contributed by atoms with Crippen molar-refractivity contribution in [2.75, 3.05) is 20.3 Å². The number of hydrogen-bond acceptors (Lipinski definition) is 4. The molecule has 0 aliphatic carbocycles. The van der Waals surface area contributed by atoms with Crippen LogP contribution < -0.4 is 9.47 Å². The molecule has 0 heterocycles. The molecule has 0 amide bonds. The summed E-state index contributed by atoms with van der Waals surface area (Å²) >= 11 is 0. The molecule has 0 saturated carbocycles. The molecule has 160 valence electrons. The minimum absolute atomic E-state index is 0.179. The molecule has 0 spiro atoms. The Bertz CT molecular complexity index is 863. The van der Waals surface area contributed by atoms with Crippen LogP contribution in [0.1, 0.15) is 36.8 Å². The lowest BCUT2D eigenvalue weighted by molar-refractivity contribution is -0.141. The van der Waals surface area contributed by atoms with Crippen LogP contribution in [0.5, 0.6) is 11.5 Å². The summed E-state index contributed by atoms with van der Waals surface area (Å²) in [5.74, 6) is 6.30. The number of benzene rings is 2. The third-order valence-electron chi connectivity index (χ3n) is 4.21. The molecule has 1 unspecified atom stereocenters. The number of ether oxygens (including phenoxy) is 3. The normalized spacial score (nSPS) is 11.8. The number of halogens is 3. The van der Waals surface area contributed by atoms with Gasteiger partial charge in [0.15, 0.2) is 0 Å². The summed E-state index contributed by atoms with van der Waals surface area (Å²) in [6.45, 7) is 2.42. The third-order valence-corrected chi connectivity index (χ3v) is 4.21. The standard InChI is InChI=1S/C23H23F3O4/c1-3-5-18(16-22(27)28-2)17-6-10-20(11-7-17)29-14-4-15-30-21-12-8-19(9-13-21)23(24,25)26/h6-13,18H,4,14-16H2,1-2H3. The number of esters is 1. The average Bonchev–Trinajstić information content (AvgIpc) is 2.73. The zero-order chi connectivity index (χ0) is 22.0. The highest BCUT2D eigenvalue weighted by Gasteiger charge is 2.30. The van der Waals surface area contributed by atoms with E-state index in [0.717, 1.165) is 17.7 Å². The van der Waals surface area contributed by atoms with Gasteiger partial charge >= 0.3 is 12.1 Å². The number of methoxy groups -OCH3 is 1. The van der Waals surface area contributed by atoms with Gasteiger partial charge < -0.3 is 14.2 Å². The summed E-state index contributed by atoms with van der Waals surface area (Å²) < 4.78 is 53.4. The molecule has 2 aromatic carbocycles. The lowest BCUT2D eigenvalue weighted by Crippen LogP contribution is -2.08. The first-order chi connectivity index (χ1) is 14.3. The van der Waals surface area contributed by atoms with Gasteiger partial charge in [0.1, 0.15) is 11.5 Å². The van der Waals surface area contributed by atoms with Crippen molar-refractivity contribution in [3.63, 3.8) is 0 Å². The maximum absolute atomic E-state index is 12.5. The molecule has 0 aliphatic rings. The summed E-state index contributed by atoms with van der Waals surface area (Å²) in [5.41, 5.74) is 0.188. The van der Waals surface area contributed by atoms with Crippen molar-refractivity contribution < 1.29 is 32.2 Å². The smallest absolute Gasteiger partial charge is 0.416 e. The van der Waals surface area contributed by atoms with Gasteiger partial charge in [0, 0.05) is 6.42 Å². The SMILES string of the molecule is CC#CC(CC(=O)OC)c1ccc(OCCCOc2ccc(C(F)(F)F)cc2)cc1. The Kier molecular flexibility index (Phi) is 8.60. The van der Waals surface area contributed by atoms with Crippen molar-refractivity contribution >= 4 is 5.97 Å². The Balaban J connectivity index is 1.77. The molecule has 4 nitrogen and oxygen atoms in total. The van der Waals surface area contributed by atoms with Crippen molar-refractivity contribution in [2.45, 2.75) is 31.9 Å². The van der Waals surface area contributed by atoms with Crippen LogP contribution in [0.3, 0.4) is 0 Å². The first-order valence-corrected chi connectivity index (χ1v) is 9.35. The van der Waals surface area contributed by atoms with E-state index in [9.17, 15) is 18.0 Å². The van der Waals surface area contributed by atoms with Gasteiger partial charge in [-0.25, -0.2) is 0 Å². The van der Waals surface area contributed by atoms with Crippen LogP contribution in [0.25, 0.3) is 0 Å². The highest BCUT2D eigenvalue weighted by Crippen LogP contribution is 2.30. The summed E-state index contributed by atoms with van der Waals surface area (Å²) in [6.07, 6.45) is -3.61. The molecule has 2 aromatic rings. The average molecular weight is 420 g/mol. The predicted molar refractivity (Wildman–Crippen MR) is 106 cm³/mol. The highest BCUT2D eigenvalue weighted by molar-refractivity contribution is 5.71. The maximum atomic E-state index is 12.5. The highest BCUT2D eigenvalue weighted by atomic mass is 19.4. The molecular weight excluding hydrogens is 397 g/mol. The minimum atomic E-state index is -4.36. The van der Waals surface area contributed by atoms with Crippen LogP contribution in [0, 0.1) is 11.8 Å². The Morgan fingerprint density at radius 2 is 1.50 bits per heavy atom. The summed E-state index contributed by atoms with van der Waals surface area (Å²) in [4.78, 5) is 11.5. The molecule has 0 N–H and O–H groups in total. The zero-order valence-electron chi connectivity index (χ0n) is 16.8. The second-order valence-electron chi connectivity index (χ2n) is 6.37. The minimum Gasteiger partial charge on any atom is -0.493 e. The van der Waals surface area contributed by atoms with Gasteiger partial charge in [-0.05, 0) is 48.9 Å². The predicted octanol–water partition coefficient (Wildman–Crippen LogP) is 5.22. The molecule has 0 saturated heterocycles. The molecule has 1 atom stereocenters. The van der Waals surface area contributed by atoms with Gasteiger partial charge in [0.25, 0.3) is 0 Å². The lowest BCUT2D eigenvalue weighted by atomic mass is 9.96. The number of alkyl halides is 3. The van der Waals surface area contributed by atoms with Gasteiger partial charge in [-0.3, -0.25) is 4.79 Å².